The predicted molar refractivity (Wildman–Crippen MR) is 68.8 cm³/mol. The van der Waals surface area contributed by atoms with Crippen LogP contribution >= 0.6 is 11.6 Å². The molecule has 1 fully saturated rings. The SMILES string of the molecule is O=C(c1cc(F)cc(Cl)c1O)N1CCC(CO)CC1. The van der Waals surface area contributed by atoms with Gasteiger partial charge in [-0.15, -0.1) is 0 Å². The number of piperidine rings is 1. The fourth-order valence-corrected chi connectivity index (χ4v) is 2.42. The molecule has 1 heterocycles. The van der Waals surface area contributed by atoms with E-state index in [9.17, 15) is 14.3 Å². The van der Waals surface area contributed by atoms with Crippen molar-refractivity contribution >= 4 is 17.5 Å². The minimum absolute atomic E-state index is 0.110. The zero-order valence-electron chi connectivity index (χ0n) is 10.3. The summed E-state index contributed by atoms with van der Waals surface area (Å²) in [5.41, 5.74) is -0.118. The zero-order valence-corrected chi connectivity index (χ0v) is 11.0. The lowest BCUT2D eigenvalue weighted by atomic mass is 9.97. The molecule has 1 aromatic carbocycles. The van der Waals surface area contributed by atoms with Crippen molar-refractivity contribution in [3.8, 4) is 5.75 Å². The number of amides is 1. The number of hydrogen-bond donors (Lipinski definition) is 2. The van der Waals surface area contributed by atoms with E-state index in [0.717, 1.165) is 12.1 Å². The first-order valence-electron chi connectivity index (χ1n) is 6.11. The Morgan fingerprint density at radius 3 is 2.63 bits per heavy atom. The molecule has 1 saturated heterocycles. The summed E-state index contributed by atoms with van der Waals surface area (Å²) in [4.78, 5) is 13.7. The van der Waals surface area contributed by atoms with Crippen LogP contribution in [0.1, 0.15) is 23.2 Å². The maximum atomic E-state index is 13.3. The molecule has 0 spiro atoms. The van der Waals surface area contributed by atoms with Crippen LogP contribution in [0.3, 0.4) is 0 Å². The Balaban J connectivity index is 2.17. The maximum absolute atomic E-state index is 13.3. The van der Waals surface area contributed by atoms with Gasteiger partial charge in [-0.2, -0.15) is 0 Å². The monoisotopic (exact) mass is 287 g/mol. The number of likely N-dealkylation sites (tertiary alicyclic amines) is 1. The number of phenolic OH excluding ortho intramolecular Hbond substituents is 1. The lowest BCUT2D eigenvalue weighted by molar-refractivity contribution is 0.0647. The van der Waals surface area contributed by atoms with Crippen LogP contribution in [-0.4, -0.2) is 40.7 Å². The summed E-state index contributed by atoms with van der Waals surface area (Å²) in [6.07, 6.45) is 1.40. The second-order valence-electron chi connectivity index (χ2n) is 4.70. The van der Waals surface area contributed by atoms with Crippen molar-refractivity contribution < 1.29 is 19.4 Å². The Morgan fingerprint density at radius 2 is 2.05 bits per heavy atom. The molecule has 2 rings (SSSR count). The van der Waals surface area contributed by atoms with E-state index in [1.54, 1.807) is 0 Å². The lowest BCUT2D eigenvalue weighted by Gasteiger charge is -2.31. The second-order valence-corrected chi connectivity index (χ2v) is 5.11. The van der Waals surface area contributed by atoms with Gasteiger partial charge in [0.15, 0.2) is 0 Å². The first-order chi connectivity index (χ1) is 9.02. The van der Waals surface area contributed by atoms with Crippen LogP contribution in [0.2, 0.25) is 5.02 Å². The summed E-state index contributed by atoms with van der Waals surface area (Å²) in [6, 6.07) is 1.95. The molecule has 4 nitrogen and oxygen atoms in total. The van der Waals surface area contributed by atoms with Crippen LogP contribution in [0, 0.1) is 11.7 Å². The third-order valence-corrected chi connectivity index (χ3v) is 3.71. The maximum Gasteiger partial charge on any atom is 0.257 e. The number of aromatic hydroxyl groups is 1. The molecule has 0 bridgehead atoms. The van der Waals surface area contributed by atoms with Gasteiger partial charge < -0.3 is 15.1 Å². The van der Waals surface area contributed by atoms with Crippen LogP contribution < -0.4 is 0 Å². The normalized spacial score (nSPS) is 16.7. The van der Waals surface area contributed by atoms with Gasteiger partial charge in [0.25, 0.3) is 5.91 Å². The first kappa shape index (κ1) is 14.1. The number of benzene rings is 1. The van der Waals surface area contributed by atoms with Gasteiger partial charge in [0.05, 0.1) is 10.6 Å². The summed E-state index contributed by atoms with van der Waals surface area (Å²) in [6.45, 7) is 1.08. The summed E-state index contributed by atoms with van der Waals surface area (Å²) >= 11 is 5.65. The van der Waals surface area contributed by atoms with E-state index in [2.05, 4.69) is 0 Å². The Morgan fingerprint density at radius 1 is 1.42 bits per heavy atom. The van der Waals surface area contributed by atoms with E-state index in [1.165, 1.54) is 4.90 Å². The Bertz CT molecular complexity index is 487. The minimum atomic E-state index is -0.656. The van der Waals surface area contributed by atoms with E-state index in [4.69, 9.17) is 16.7 Å². The topological polar surface area (TPSA) is 60.8 Å². The second kappa shape index (κ2) is 5.75. The van der Waals surface area contributed by atoms with Gasteiger partial charge in [0.1, 0.15) is 11.6 Å². The molecule has 0 aromatic heterocycles. The number of hydrogen-bond acceptors (Lipinski definition) is 3. The van der Waals surface area contributed by atoms with E-state index >= 15 is 0 Å². The predicted octanol–water partition coefficient (Wildman–Crippen LogP) is 2.03. The van der Waals surface area contributed by atoms with Crippen LogP contribution in [0.4, 0.5) is 4.39 Å². The van der Waals surface area contributed by atoms with Crippen molar-refractivity contribution in [2.75, 3.05) is 19.7 Å². The molecular weight excluding hydrogens is 273 g/mol. The first-order valence-corrected chi connectivity index (χ1v) is 6.49. The summed E-state index contributed by atoms with van der Waals surface area (Å²) in [5, 5.41) is 18.6. The van der Waals surface area contributed by atoms with E-state index in [-0.39, 0.29) is 23.1 Å². The van der Waals surface area contributed by atoms with E-state index < -0.39 is 17.5 Å². The minimum Gasteiger partial charge on any atom is -0.506 e. The average molecular weight is 288 g/mol. The van der Waals surface area contributed by atoms with Crippen molar-refractivity contribution in [3.05, 3.63) is 28.5 Å². The highest BCUT2D eigenvalue weighted by molar-refractivity contribution is 6.32. The van der Waals surface area contributed by atoms with Crippen LogP contribution in [0.5, 0.6) is 5.75 Å². The number of aliphatic hydroxyl groups excluding tert-OH is 1. The van der Waals surface area contributed by atoms with Crippen LogP contribution in [0.25, 0.3) is 0 Å². The lowest BCUT2D eigenvalue weighted by Crippen LogP contribution is -2.39. The molecule has 0 atom stereocenters. The van der Waals surface area contributed by atoms with Gasteiger partial charge in [-0.1, -0.05) is 11.6 Å². The molecular formula is C13H15ClFNO3. The Hall–Kier alpha value is -1.33. The molecule has 0 radical (unpaired) electrons. The fraction of sp³-hybridized carbons (Fsp3) is 0.462. The standard InChI is InChI=1S/C13H15ClFNO3/c14-11-6-9(15)5-10(12(11)18)13(19)16-3-1-8(7-17)2-4-16/h5-6,8,17-18H,1-4,7H2. The van der Waals surface area contributed by atoms with Gasteiger partial charge in [0.2, 0.25) is 0 Å². The van der Waals surface area contributed by atoms with Gasteiger partial charge in [0, 0.05) is 19.7 Å². The highest BCUT2D eigenvalue weighted by atomic mass is 35.5. The Labute approximate surface area is 115 Å². The van der Waals surface area contributed by atoms with Gasteiger partial charge in [-0.3, -0.25) is 4.79 Å². The Kier molecular flexibility index (Phi) is 4.27. The van der Waals surface area contributed by atoms with Crippen molar-refractivity contribution in [1.82, 2.24) is 4.90 Å². The smallest absolute Gasteiger partial charge is 0.257 e. The molecule has 1 aliphatic heterocycles. The molecule has 1 aliphatic rings. The summed E-state index contributed by atoms with van der Waals surface area (Å²) in [7, 11) is 0. The van der Waals surface area contributed by atoms with Gasteiger partial charge in [-0.25, -0.2) is 4.39 Å². The fourth-order valence-electron chi connectivity index (χ4n) is 2.22. The number of aliphatic hydroxyl groups is 1. The molecule has 1 amide bonds. The number of carbonyl (C=O) groups is 1. The van der Waals surface area contributed by atoms with Crippen molar-refractivity contribution in [1.29, 1.82) is 0 Å². The number of nitrogens with zero attached hydrogens (tertiary/aromatic N) is 1. The highest BCUT2D eigenvalue weighted by Gasteiger charge is 2.26. The van der Waals surface area contributed by atoms with Crippen LogP contribution in [0.15, 0.2) is 12.1 Å². The molecule has 0 aliphatic carbocycles. The molecule has 19 heavy (non-hydrogen) atoms. The van der Waals surface area contributed by atoms with Gasteiger partial charge >= 0.3 is 0 Å². The van der Waals surface area contributed by atoms with Crippen molar-refractivity contribution in [2.24, 2.45) is 5.92 Å². The van der Waals surface area contributed by atoms with Crippen molar-refractivity contribution in [2.45, 2.75) is 12.8 Å². The van der Waals surface area contributed by atoms with E-state index in [0.29, 0.717) is 25.9 Å². The number of rotatable bonds is 2. The van der Waals surface area contributed by atoms with Crippen LogP contribution in [-0.2, 0) is 0 Å². The third-order valence-electron chi connectivity index (χ3n) is 3.42. The molecule has 6 heteroatoms. The largest absolute Gasteiger partial charge is 0.506 e. The molecule has 0 saturated carbocycles. The van der Waals surface area contributed by atoms with Gasteiger partial charge in [-0.05, 0) is 30.9 Å². The molecule has 0 unspecified atom stereocenters. The average Bonchev–Trinajstić information content (AvgIpc) is 2.42. The molecule has 1 aromatic rings. The van der Waals surface area contributed by atoms with Crippen molar-refractivity contribution in [3.63, 3.8) is 0 Å². The molecule has 2 N–H and O–H groups in total. The number of carbonyl (C=O) groups excluding carboxylic acids is 1. The van der Waals surface area contributed by atoms with E-state index in [1.807, 2.05) is 0 Å². The third kappa shape index (κ3) is 2.98. The quantitative estimate of drug-likeness (QED) is 0.875. The number of halogens is 2. The highest BCUT2D eigenvalue weighted by Crippen LogP contribution is 2.30. The molecule has 104 valence electrons. The zero-order chi connectivity index (χ0) is 14.0. The number of phenols is 1. The summed E-state index contributed by atoms with van der Waals surface area (Å²) in [5.74, 6) is -1.28. The summed E-state index contributed by atoms with van der Waals surface area (Å²) < 4.78 is 13.3.